The van der Waals surface area contributed by atoms with Crippen LogP contribution in [0.5, 0.6) is 5.75 Å². The van der Waals surface area contributed by atoms with Gasteiger partial charge in [0.2, 0.25) is 0 Å². The van der Waals surface area contributed by atoms with Crippen molar-refractivity contribution in [2.24, 2.45) is 0 Å². The van der Waals surface area contributed by atoms with E-state index in [1.807, 2.05) is 39.0 Å². The van der Waals surface area contributed by atoms with Crippen molar-refractivity contribution in [1.82, 2.24) is 0 Å². The molecule has 3 aromatic rings. The molecule has 156 valence electrons. The lowest BCUT2D eigenvalue weighted by atomic mass is 10.1. The second-order valence-electron chi connectivity index (χ2n) is 6.87. The summed E-state index contributed by atoms with van der Waals surface area (Å²) in [6, 6.07) is 12.1. The van der Waals surface area contributed by atoms with Crippen LogP contribution in [0.2, 0.25) is 0 Å². The van der Waals surface area contributed by atoms with Gasteiger partial charge >= 0.3 is 11.6 Å². The van der Waals surface area contributed by atoms with E-state index >= 15 is 0 Å². The number of carbonyl (C=O) groups is 2. The molecule has 1 heterocycles. The molecule has 1 N–H and O–H groups in total. The average Bonchev–Trinajstić information content (AvgIpc) is 2.71. The van der Waals surface area contributed by atoms with E-state index < -0.39 is 24.1 Å². The minimum Gasteiger partial charge on any atom is -0.482 e. The third kappa shape index (κ3) is 5.05. The first kappa shape index (κ1) is 21.1. The molecule has 7 nitrogen and oxygen atoms in total. The van der Waals surface area contributed by atoms with Gasteiger partial charge in [0, 0.05) is 23.2 Å². The smallest absolute Gasteiger partial charge is 0.344 e. The minimum absolute atomic E-state index is 0.352. The molecule has 0 spiro atoms. The predicted molar refractivity (Wildman–Crippen MR) is 113 cm³/mol. The van der Waals surface area contributed by atoms with Gasteiger partial charge in [-0.3, -0.25) is 4.79 Å². The highest BCUT2D eigenvalue weighted by molar-refractivity contribution is 5.94. The summed E-state index contributed by atoms with van der Waals surface area (Å²) in [5.74, 6) is -0.753. The molecule has 0 aliphatic carbocycles. The van der Waals surface area contributed by atoms with E-state index in [0.29, 0.717) is 11.3 Å². The van der Waals surface area contributed by atoms with Gasteiger partial charge < -0.3 is 19.2 Å². The van der Waals surface area contributed by atoms with Gasteiger partial charge in [-0.15, -0.1) is 0 Å². The molecular formula is C23H23NO6. The molecule has 1 amide bonds. The zero-order valence-electron chi connectivity index (χ0n) is 17.1. The van der Waals surface area contributed by atoms with Crippen LogP contribution in [0, 0.1) is 13.8 Å². The first-order valence-electron chi connectivity index (χ1n) is 9.58. The molecule has 0 unspecified atom stereocenters. The first-order valence-corrected chi connectivity index (χ1v) is 9.58. The summed E-state index contributed by atoms with van der Waals surface area (Å²) in [5, 5.41) is 3.57. The molecule has 1 aromatic heterocycles. The van der Waals surface area contributed by atoms with E-state index in [9.17, 15) is 14.4 Å². The van der Waals surface area contributed by atoms with Crippen molar-refractivity contribution in [3.05, 3.63) is 69.6 Å². The number of nitrogens with one attached hydrogen (secondary N) is 1. The first-order chi connectivity index (χ1) is 14.4. The third-order valence-corrected chi connectivity index (χ3v) is 4.65. The highest BCUT2D eigenvalue weighted by Gasteiger charge is 2.12. The normalized spacial score (nSPS) is 10.6. The number of aryl methyl sites for hydroxylation is 3. The van der Waals surface area contributed by atoms with Crippen LogP contribution in [0.25, 0.3) is 11.0 Å². The lowest BCUT2D eigenvalue weighted by Crippen LogP contribution is -2.24. The molecule has 0 saturated carbocycles. The van der Waals surface area contributed by atoms with Crippen molar-refractivity contribution < 1.29 is 23.5 Å². The minimum atomic E-state index is -0.684. The molecule has 0 atom stereocenters. The van der Waals surface area contributed by atoms with Crippen LogP contribution in [0.3, 0.4) is 0 Å². The lowest BCUT2D eigenvalue weighted by Gasteiger charge is -2.13. The molecule has 7 heteroatoms. The molecule has 0 saturated heterocycles. The maximum absolute atomic E-state index is 12.2. The van der Waals surface area contributed by atoms with Crippen molar-refractivity contribution in [2.75, 3.05) is 18.5 Å². The molecule has 0 aliphatic rings. The van der Waals surface area contributed by atoms with Crippen LogP contribution in [0.4, 0.5) is 5.69 Å². The highest BCUT2D eigenvalue weighted by Crippen LogP contribution is 2.22. The number of hydrogen-bond acceptors (Lipinski definition) is 6. The number of carbonyl (C=O) groups excluding carboxylic acids is 2. The summed E-state index contributed by atoms with van der Waals surface area (Å²) in [6.07, 6.45) is 0.774. The van der Waals surface area contributed by atoms with Crippen molar-refractivity contribution in [2.45, 2.75) is 27.2 Å². The fraction of sp³-hybridized carbons (Fsp3) is 0.261. The maximum atomic E-state index is 12.2. The molecule has 0 aliphatic heterocycles. The zero-order chi connectivity index (χ0) is 21.7. The molecule has 30 heavy (non-hydrogen) atoms. The van der Waals surface area contributed by atoms with Crippen molar-refractivity contribution in [3.63, 3.8) is 0 Å². The summed E-state index contributed by atoms with van der Waals surface area (Å²) in [5.41, 5.74) is 3.40. The van der Waals surface area contributed by atoms with Gasteiger partial charge in [-0.1, -0.05) is 25.1 Å². The Labute approximate surface area is 173 Å². The standard InChI is InChI=1S/C23H23NO6/c1-4-16-7-5-6-14(2)23(16)24-20(25)12-29-22(27)13-28-17-8-9-18-15(3)10-21(26)30-19(18)11-17/h5-11H,4,12-13H2,1-3H3,(H,24,25). The van der Waals surface area contributed by atoms with E-state index in [1.165, 1.54) is 12.1 Å². The van der Waals surface area contributed by atoms with Gasteiger partial charge in [0.1, 0.15) is 11.3 Å². The average molecular weight is 409 g/mol. The monoisotopic (exact) mass is 409 g/mol. The topological polar surface area (TPSA) is 94.8 Å². The number of rotatable bonds is 7. The Bertz CT molecular complexity index is 1150. The summed E-state index contributed by atoms with van der Waals surface area (Å²) in [7, 11) is 0. The fourth-order valence-electron chi connectivity index (χ4n) is 3.10. The quantitative estimate of drug-likeness (QED) is 0.474. The Morgan fingerprint density at radius 3 is 2.60 bits per heavy atom. The van der Waals surface area contributed by atoms with E-state index in [1.54, 1.807) is 12.1 Å². The zero-order valence-corrected chi connectivity index (χ0v) is 17.1. The fourth-order valence-corrected chi connectivity index (χ4v) is 3.10. The number of benzene rings is 2. The number of anilines is 1. The van der Waals surface area contributed by atoms with Crippen LogP contribution >= 0.6 is 0 Å². The van der Waals surface area contributed by atoms with Gasteiger partial charge in [-0.2, -0.15) is 0 Å². The van der Waals surface area contributed by atoms with Gasteiger partial charge in [-0.25, -0.2) is 9.59 Å². The van der Waals surface area contributed by atoms with E-state index in [4.69, 9.17) is 13.9 Å². The van der Waals surface area contributed by atoms with E-state index in [2.05, 4.69) is 5.32 Å². The number of fused-ring (bicyclic) bond motifs is 1. The van der Waals surface area contributed by atoms with Crippen LogP contribution < -0.4 is 15.7 Å². The van der Waals surface area contributed by atoms with Crippen LogP contribution in [0.15, 0.2) is 51.7 Å². The van der Waals surface area contributed by atoms with E-state index in [-0.39, 0.29) is 6.61 Å². The number of esters is 1. The number of para-hydroxylation sites is 1. The van der Waals surface area contributed by atoms with Gasteiger partial charge in [0.25, 0.3) is 5.91 Å². The van der Waals surface area contributed by atoms with Gasteiger partial charge in [0.05, 0.1) is 0 Å². The van der Waals surface area contributed by atoms with Crippen LogP contribution in [-0.2, 0) is 20.7 Å². The van der Waals surface area contributed by atoms with E-state index in [0.717, 1.165) is 34.2 Å². The molecular weight excluding hydrogens is 386 g/mol. The molecule has 0 bridgehead atoms. The SMILES string of the molecule is CCc1cccc(C)c1NC(=O)COC(=O)COc1ccc2c(C)cc(=O)oc2c1. The molecule has 2 aromatic carbocycles. The largest absolute Gasteiger partial charge is 0.482 e. The van der Waals surface area contributed by atoms with Gasteiger partial charge in [0.15, 0.2) is 13.2 Å². The molecule has 3 rings (SSSR count). The summed E-state index contributed by atoms with van der Waals surface area (Å²) in [4.78, 5) is 35.6. The third-order valence-electron chi connectivity index (χ3n) is 4.65. The number of hydrogen-bond donors (Lipinski definition) is 1. The number of amides is 1. The predicted octanol–water partition coefficient (Wildman–Crippen LogP) is 3.53. The Morgan fingerprint density at radius 1 is 1.03 bits per heavy atom. The highest BCUT2D eigenvalue weighted by atomic mass is 16.6. The second kappa shape index (κ2) is 9.26. The molecule has 0 fully saturated rings. The number of ether oxygens (including phenoxy) is 2. The van der Waals surface area contributed by atoms with Crippen molar-refractivity contribution >= 4 is 28.5 Å². The second-order valence-corrected chi connectivity index (χ2v) is 6.87. The van der Waals surface area contributed by atoms with Gasteiger partial charge in [-0.05, 0) is 49.1 Å². The van der Waals surface area contributed by atoms with Crippen molar-refractivity contribution in [3.8, 4) is 5.75 Å². The summed E-state index contributed by atoms with van der Waals surface area (Å²) < 4.78 is 15.5. The Balaban J connectivity index is 1.53. The maximum Gasteiger partial charge on any atom is 0.344 e. The van der Waals surface area contributed by atoms with Crippen molar-refractivity contribution in [1.29, 1.82) is 0 Å². The Kier molecular flexibility index (Phi) is 6.51. The lowest BCUT2D eigenvalue weighted by molar-refractivity contribution is -0.149. The van der Waals surface area contributed by atoms with Crippen LogP contribution in [0.1, 0.15) is 23.6 Å². The summed E-state index contributed by atoms with van der Waals surface area (Å²) in [6.45, 7) is 4.93. The molecule has 0 radical (unpaired) electrons. The van der Waals surface area contributed by atoms with Crippen LogP contribution in [-0.4, -0.2) is 25.1 Å². The Morgan fingerprint density at radius 2 is 1.83 bits per heavy atom. The summed E-state index contributed by atoms with van der Waals surface area (Å²) >= 11 is 0. The Hall–Kier alpha value is -3.61.